The number of ether oxygens (including phenoxy) is 2. The van der Waals surface area contributed by atoms with Crippen molar-refractivity contribution in [1.82, 2.24) is 4.72 Å². The van der Waals surface area contributed by atoms with Crippen LogP contribution in [0.4, 0.5) is 5.69 Å². The Morgan fingerprint density at radius 3 is 2.50 bits per heavy atom. The monoisotopic (exact) mass is 378 g/mol. The first-order valence-corrected chi connectivity index (χ1v) is 9.47. The summed E-state index contributed by atoms with van der Waals surface area (Å²) in [5.74, 6) is 0.105. The van der Waals surface area contributed by atoms with Crippen molar-refractivity contribution in [3.8, 4) is 5.75 Å². The summed E-state index contributed by atoms with van der Waals surface area (Å²) in [4.78, 5) is 12.0. The molecule has 0 bridgehead atoms. The predicted molar refractivity (Wildman–Crippen MR) is 98.8 cm³/mol. The zero-order valence-electron chi connectivity index (χ0n) is 14.7. The number of sulfonamides is 1. The van der Waals surface area contributed by atoms with Crippen molar-refractivity contribution in [3.05, 3.63) is 54.1 Å². The number of rotatable bonds is 9. The number of anilines is 1. The molecule has 7 nitrogen and oxygen atoms in total. The van der Waals surface area contributed by atoms with Crippen molar-refractivity contribution in [2.75, 3.05) is 32.2 Å². The number of benzene rings is 2. The third kappa shape index (κ3) is 6.14. The summed E-state index contributed by atoms with van der Waals surface area (Å²) in [6.45, 7) is 2.24. The van der Waals surface area contributed by atoms with Gasteiger partial charge in [-0.05, 0) is 48.9 Å². The third-order valence-electron chi connectivity index (χ3n) is 3.40. The van der Waals surface area contributed by atoms with Gasteiger partial charge in [-0.3, -0.25) is 4.79 Å². The van der Waals surface area contributed by atoms with Gasteiger partial charge in [-0.2, -0.15) is 0 Å². The molecule has 0 aliphatic rings. The molecular formula is C18H22N2O5S. The van der Waals surface area contributed by atoms with Crippen LogP contribution in [0, 0.1) is 6.92 Å². The normalized spacial score (nSPS) is 11.2. The van der Waals surface area contributed by atoms with Crippen molar-refractivity contribution < 1.29 is 22.7 Å². The van der Waals surface area contributed by atoms with Crippen molar-refractivity contribution >= 4 is 21.6 Å². The Balaban J connectivity index is 1.88. The molecular weight excluding hydrogens is 356 g/mol. The van der Waals surface area contributed by atoms with Gasteiger partial charge < -0.3 is 14.8 Å². The number of amides is 1. The fourth-order valence-electron chi connectivity index (χ4n) is 2.15. The van der Waals surface area contributed by atoms with E-state index in [0.29, 0.717) is 11.4 Å². The van der Waals surface area contributed by atoms with E-state index in [1.54, 1.807) is 6.07 Å². The SMILES string of the molecule is COCCNS(=O)(=O)c1ccc(OCC(=O)Nc2cccc(C)c2)cc1. The van der Waals surface area contributed by atoms with Gasteiger partial charge in [0.05, 0.1) is 11.5 Å². The van der Waals surface area contributed by atoms with Crippen LogP contribution in [0.1, 0.15) is 5.56 Å². The van der Waals surface area contributed by atoms with Crippen LogP contribution in [0.3, 0.4) is 0 Å². The van der Waals surface area contributed by atoms with Crippen LogP contribution < -0.4 is 14.8 Å². The predicted octanol–water partition coefficient (Wildman–Crippen LogP) is 1.94. The van der Waals surface area contributed by atoms with E-state index in [9.17, 15) is 13.2 Å². The molecule has 0 aromatic heterocycles. The molecule has 0 unspecified atom stereocenters. The lowest BCUT2D eigenvalue weighted by atomic mass is 10.2. The van der Waals surface area contributed by atoms with E-state index in [1.807, 2.05) is 25.1 Å². The second kappa shape index (κ2) is 9.33. The molecule has 0 saturated carbocycles. The Labute approximate surface area is 153 Å². The largest absolute Gasteiger partial charge is 0.484 e. The molecule has 0 atom stereocenters. The van der Waals surface area contributed by atoms with Crippen LogP contribution in [0.25, 0.3) is 0 Å². The summed E-state index contributed by atoms with van der Waals surface area (Å²) < 4.78 is 36.7. The lowest BCUT2D eigenvalue weighted by Crippen LogP contribution is -2.27. The zero-order chi connectivity index (χ0) is 19.0. The molecule has 1 amide bonds. The maximum atomic E-state index is 12.0. The summed E-state index contributed by atoms with van der Waals surface area (Å²) in [6.07, 6.45) is 0. The van der Waals surface area contributed by atoms with E-state index >= 15 is 0 Å². The number of carbonyl (C=O) groups is 1. The minimum atomic E-state index is -3.59. The molecule has 2 rings (SSSR count). The minimum absolute atomic E-state index is 0.116. The lowest BCUT2D eigenvalue weighted by molar-refractivity contribution is -0.118. The highest BCUT2D eigenvalue weighted by Crippen LogP contribution is 2.16. The lowest BCUT2D eigenvalue weighted by Gasteiger charge is -2.09. The average molecular weight is 378 g/mol. The van der Waals surface area contributed by atoms with Crippen molar-refractivity contribution in [1.29, 1.82) is 0 Å². The van der Waals surface area contributed by atoms with E-state index in [2.05, 4.69) is 10.0 Å². The van der Waals surface area contributed by atoms with Crippen LogP contribution in [0.15, 0.2) is 53.4 Å². The summed E-state index contributed by atoms with van der Waals surface area (Å²) in [5, 5.41) is 2.74. The minimum Gasteiger partial charge on any atom is -0.484 e. The van der Waals surface area contributed by atoms with Crippen LogP contribution in [-0.2, 0) is 19.6 Å². The standard InChI is InChI=1S/C18H22N2O5S/c1-14-4-3-5-15(12-14)20-18(21)13-25-16-6-8-17(9-7-16)26(22,23)19-10-11-24-2/h3-9,12,19H,10-11,13H2,1-2H3,(H,20,21). The number of aryl methyl sites for hydroxylation is 1. The van der Waals surface area contributed by atoms with Crippen LogP contribution in [0.2, 0.25) is 0 Å². The van der Waals surface area contributed by atoms with Gasteiger partial charge in [0.2, 0.25) is 10.0 Å². The van der Waals surface area contributed by atoms with E-state index < -0.39 is 10.0 Å². The fourth-order valence-corrected chi connectivity index (χ4v) is 3.16. The molecule has 0 fully saturated rings. The van der Waals surface area contributed by atoms with Gasteiger partial charge in [-0.15, -0.1) is 0 Å². The molecule has 0 radical (unpaired) electrons. The Morgan fingerprint density at radius 1 is 1.12 bits per heavy atom. The first kappa shape index (κ1) is 19.9. The van der Waals surface area contributed by atoms with E-state index in [-0.39, 0.29) is 30.6 Å². The quantitative estimate of drug-likeness (QED) is 0.651. The van der Waals surface area contributed by atoms with Crippen molar-refractivity contribution in [2.24, 2.45) is 0 Å². The van der Waals surface area contributed by atoms with E-state index in [4.69, 9.17) is 9.47 Å². The Hall–Kier alpha value is -2.42. The summed E-state index contributed by atoms with van der Waals surface area (Å²) in [6, 6.07) is 13.3. The molecule has 0 aliphatic heterocycles. The maximum Gasteiger partial charge on any atom is 0.262 e. The van der Waals surface area contributed by atoms with Gasteiger partial charge >= 0.3 is 0 Å². The van der Waals surface area contributed by atoms with Crippen LogP contribution in [0.5, 0.6) is 5.75 Å². The van der Waals surface area contributed by atoms with Gasteiger partial charge in [0, 0.05) is 19.3 Å². The second-order valence-electron chi connectivity index (χ2n) is 5.57. The number of hydrogen-bond donors (Lipinski definition) is 2. The summed E-state index contributed by atoms with van der Waals surface area (Å²) in [7, 11) is -2.09. The smallest absolute Gasteiger partial charge is 0.262 e. The fraction of sp³-hybridized carbons (Fsp3) is 0.278. The van der Waals surface area contributed by atoms with Gasteiger partial charge in [0.25, 0.3) is 5.91 Å². The van der Waals surface area contributed by atoms with E-state index in [0.717, 1.165) is 5.56 Å². The van der Waals surface area contributed by atoms with Gasteiger partial charge in [-0.1, -0.05) is 12.1 Å². The third-order valence-corrected chi connectivity index (χ3v) is 4.88. The molecule has 8 heteroatoms. The zero-order valence-corrected chi connectivity index (χ0v) is 15.5. The highest BCUT2D eigenvalue weighted by Gasteiger charge is 2.13. The Morgan fingerprint density at radius 2 is 1.85 bits per heavy atom. The topological polar surface area (TPSA) is 93.7 Å². The number of hydrogen-bond acceptors (Lipinski definition) is 5. The highest BCUT2D eigenvalue weighted by atomic mass is 32.2. The Bertz CT molecular complexity index is 835. The first-order valence-electron chi connectivity index (χ1n) is 7.99. The molecule has 2 N–H and O–H groups in total. The summed E-state index contributed by atoms with van der Waals surface area (Å²) in [5.41, 5.74) is 1.74. The van der Waals surface area contributed by atoms with Gasteiger partial charge in [-0.25, -0.2) is 13.1 Å². The number of nitrogens with one attached hydrogen (secondary N) is 2. The van der Waals surface area contributed by atoms with Gasteiger partial charge in [0.15, 0.2) is 6.61 Å². The molecule has 2 aromatic rings. The van der Waals surface area contributed by atoms with Crippen molar-refractivity contribution in [3.63, 3.8) is 0 Å². The maximum absolute atomic E-state index is 12.0. The molecule has 0 aliphatic carbocycles. The van der Waals surface area contributed by atoms with Crippen molar-refractivity contribution in [2.45, 2.75) is 11.8 Å². The van der Waals surface area contributed by atoms with E-state index in [1.165, 1.54) is 31.4 Å². The average Bonchev–Trinajstić information content (AvgIpc) is 2.60. The first-order chi connectivity index (χ1) is 12.4. The molecule has 2 aromatic carbocycles. The molecule has 0 spiro atoms. The van der Waals surface area contributed by atoms with Crippen LogP contribution >= 0.6 is 0 Å². The Kier molecular flexibility index (Phi) is 7.14. The number of carbonyl (C=O) groups excluding carboxylic acids is 1. The highest BCUT2D eigenvalue weighted by molar-refractivity contribution is 7.89. The van der Waals surface area contributed by atoms with Gasteiger partial charge in [0.1, 0.15) is 5.75 Å². The molecule has 26 heavy (non-hydrogen) atoms. The van der Waals surface area contributed by atoms with Crippen LogP contribution in [-0.4, -0.2) is 41.2 Å². The molecule has 0 heterocycles. The molecule has 0 saturated heterocycles. The molecule has 140 valence electrons. The summed E-state index contributed by atoms with van der Waals surface area (Å²) >= 11 is 0. The second-order valence-corrected chi connectivity index (χ2v) is 7.34. The number of methoxy groups -OCH3 is 1.